The molecule has 0 saturated heterocycles. The summed E-state index contributed by atoms with van der Waals surface area (Å²) >= 11 is 1.09. The van der Waals surface area contributed by atoms with E-state index in [9.17, 15) is 4.79 Å². The van der Waals surface area contributed by atoms with Crippen LogP contribution in [0.4, 0.5) is 5.69 Å². The van der Waals surface area contributed by atoms with E-state index in [2.05, 4.69) is 26.7 Å². The first-order valence-corrected chi connectivity index (χ1v) is 7.25. The number of nitrogens with zero attached hydrogens (tertiary/aromatic N) is 2. The summed E-state index contributed by atoms with van der Waals surface area (Å²) in [6.45, 7) is 3.66. The van der Waals surface area contributed by atoms with Crippen molar-refractivity contribution in [2.24, 2.45) is 0 Å². The highest BCUT2D eigenvalue weighted by molar-refractivity contribution is 7.08. The molecule has 1 aromatic carbocycles. The second kappa shape index (κ2) is 6.97. The molecule has 0 saturated carbocycles. The first kappa shape index (κ1) is 15.2. The summed E-state index contributed by atoms with van der Waals surface area (Å²) in [5, 5.41) is 15.5. The topological polar surface area (TPSA) is 75.1 Å². The summed E-state index contributed by atoms with van der Waals surface area (Å²) in [7, 11) is 0. The summed E-state index contributed by atoms with van der Waals surface area (Å²) in [5.74, 6) is 5.21. The van der Waals surface area contributed by atoms with Crippen LogP contribution in [-0.4, -0.2) is 27.2 Å². The SMILES string of the molecule is CCc1nnsc1C(=O)Nc1cc(C)cc(C#CCO)c1. The van der Waals surface area contributed by atoms with E-state index in [1.807, 2.05) is 26.0 Å². The van der Waals surface area contributed by atoms with E-state index < -0.39 is 0 Å². The number of aryl methyl sites for hydroxylation is 2. The summed E-state index contributed by atoms with van der Waals surface area (Å²) in [6.07, 6.45) is 0.667. The standard InChI is InChI=1S/C15H15N3O2S/c1-3-13-14(21-18-17-13)15(20)16-12-8-10(2)7-11(9-12)5-4-6-19/h7-9,19H,3,6H2,1-2H3,(H,16,20). The molecule has 2 aromatic rings. The van der Waals surface area contributed by atoms with Crippen LogP contribution in [0, 0.1) is 18.8 Å². The van der Waals surface area contributed by atoms with Crippen LogP contribution in [-0.2, 0) is 6.42 Å². The Labute approximate surface area is 127 Å². The summed E-state index contributed by atoms with van der Waals surface area (Å²) in [6, 6.07) is 5.53. The van der Waals surface area contributed by atoms with Gasteiger partial charge < -0.3 is 10.4 Å². The van der Waals surface area contributed by atoms with Crippen molar-refractivity contribution in [1.82, 2.24) is 9.59 Å². The van der Waals surface area contributed by atoms with E-state index in [0.29, 0.717) is 22.7 Å². The average molecular weight is 301 g/mol. The van der Waals surface area contributed by atoms with Crippen molar-refractivity contribution >= 4 is 23.1 Å². The van der Waals surface area contributed by atoms with Crippen LogP contribution in [0.3, 0.4) is 0 Å². The minimum atomic E-state index is -0.214. The number of hydrogen-bond donors (Lipinski definition) is 2. The zero-order valence-electron chi connectivity index (χ0n) is 11.8. The molecular formula is C15H15N3O2S. The maximum Gasteiger partial charge on any atom is 0.269 e. The molecule has 0 aliphatic heterocycles. The smallest absolute Gasteiger partial charge is 0.269 e. The van der Waals surface area contributed by atoms with Crippen molar-refractivity contribution in [3.8, 4) is 11.8 Å². The van der Waals surface area contributed by atoms with Gasteiger partial charge in [0.2, 0.25) is 0 Å². The van der Waals surface area contributed by atoms with Gasteiger partial charge in [0.15, 0.2) is 0 Å². The van der Waals surface area contributed by atoms with Gasteiger partial charge in [-0.1, -0.05) is 23.3 Å². The van der Waals surface area contributed by atoms with E-state index in [1.165, 1.54) is 0 Å². The molecule has 1 aromatic heterocycles. The van der Waals surface area contributed by atoms with Gasteiger partial charge in [0.05, 0.1) is 5.69 Å². The molecule has 0 aliphatic carbocycles. The van der Waals surface area contributed by atoms with E-state index >= 15 is 0 Å². The Bertz CT molecular complexity index is 713. The molecule has 21 heavy (non-hydrogen) atoms. The van der Waals surface area contributed by atoms with Crippen LogP contribution in [0.1, 0.15) is 33.4 Å². The van der Waals surface area contributed by atoms with Crippen molar-refractivity contribution in [3.63, 3.8) is 0 Å². The van der Waals surface area contributed by atoms with Crippen molar-refractivity contribution in [1.29, 1.82) is 0 Å². The Morgan fingerprint density at radius 2 is 2.24 bits per heavy atom. The van der Waals surface area contributed by atoms with E-state index in [0.717, 1.165) is 22.7 Å². The second-order valence-corrected chi connectivity index (χ2v) is 5.16. The summed E-state index contributed by atoms with van der Waals surface area (Å²) < 4.78 is 3.81. The lowest BCUT2D eigenvalue weighted by Crippen LogP contribution is -2.12. The monoisotopic (exact) mass is 301 g/mol. The molecule has 2 rings (SSSR count). The molecule has 108 valence electrons. The van der Waals surface area contributed by atoms with Crippen LogP contribution in [0.5, 0.6) is 0 Å². The van der Waals surface area contributed by atoms with Crippen molar-refractivity contribution < 1.29 is 9.90 Å². The van der Waals surface area contributed by atoms with Gasteiger partial charge in [-0.3, -0.25) is 4.79 Å². The van der Waals surface area contributed by atoms with Crippen molar-refractivity contribution in [2.75, 3.05) is 11.9 Å². The van der Waals surface area contributed by atoms with Gasteiger partial charge in [-0.2, -0.15) is 0 Å². The summed E-state index contributed by atoms with van der Waals surface area (Å²) in [4.78, 5) is 12.8. The molecule has 6 heteroatoms. The Morgan fingerprint density at radius 1 is 1.43 bits per heavy atom. The second-order valence-electron chi connectivity index (χ2n) is 4.40. The lowest BCUT2D eigenvalue weighted by atomic mass is 10.1. The fraction of sp³-hybridized carbons (Fsp3) is 0.267. The molecule has 0 aliphatic rings. The molecule has 1 amide bonds. The molecule has 0 radical (unpaired) electrons. The fourth-order valence-electron chi connectivity index (χ4n) is 1.87. The van der Waals surface area contributed by atoms with E-state index in [1.54, 1.807) is 6.07 Å². The molecule has 0 bridgehead atoms. The van der Waals surface area contributed by atoms with Crippen LogP contribution in [0.15, 0.2) is 18.2 Å². The third-order valence-electron chi connectivity index (χ3n) is 2.74. The van der Waals surface area contributed by atoms with Crippen molar-refractivity contribution in [3.05, 3.63) is 39.9 Å². The number of carbonyl (C=O) groups excluding carboxylic acids is 1. The number of rotatable bonds is 3. The molecule has 0 atom stereocenters. The van der Waals surface area contributed by atoms with Gasteiger partial charge in [-0.15, -0.1) is 5.10 Å². The lowest BCUT2D eigenvalue weighted by Gasteiger charge is -2.06. The number of carbonyl (C=O) groups is 1. The number of amides is 1. The van der Waals surface area contributed by atoms with Crippen molar-refractivity contribution in [2.45, 2.75) is 20.3 Å². The van der Waals surface area contributed by atoms with Gasteiger partial charge in [-0.05, 0) is 48.6 Å². The van der Waals surface area contributed by atoms with Gasteiger partial charge in [0, 0.05) is 11.3 Å². The zero-order chi connectivity index (χ0) is 15.2. The average Bonchev–Trinajstić information content (AvgIpc) is 2.93. The van der Waals surface area contributed by atoms with Crippen LogP contribution >= 0.6 is 11.5 Å². The largest absolute Gasteiger partial charge is 0.384 e. The number of aliphatic hydroxyl groups is 1. The quantitative estimate of drug-likeness (QED) is 0.850. The minimum Gasteiger partial charge on any atom is -0.384 e. The molecule has 0 fully saturated rings. The van der Waals surface area contributed by atoms with Gasteiger partial charge in [-0.25, -0.2) is 0 Å². The maximum absolute atomic E-state index is 12.2. The number of aromatic nitrogens is 2. The predicted molar refractivity (Wildman–Crippen MR) is 82.4 cm³/mol. The van der Waals surface area contributed by atoms with Crippen LogP contribution < -0.4 is 5.32 Å². The van der Waals surface area contributed by atoms with E-state index in [4.69, 9.17) is 5.11 Å². The molecule has 0 unspecified atom stereocenters. The number of hydrogen-bond acceptors (Lipinski definition) is 5. The zero-order valence-corrected chi connectivity index (χ0v) is 12.6. The Kier molecular flexibility index (Phi) is 5.04. The lowest BCUT2D eigenvalue weighted by molar-refractivity contribution is 0.102. The van der Waals surface area contributed by atoms with Gasteiger partial charge >= 0.3 is 0 Å². The molecule has 2 N–H and O–H groups in total. The Balaban J connectivity index is 2.23. The minimum absolute atomic E-state index is 0.192. The molecule has 0 spiro atoms. The highest BCUT2D eigenvalue weighted by atomic mass is 32.1. The third-order valence-corrected chi connectivity index (χ3v) is 3.51. The third kappa shape index (κ3) is 3.88. The van der Waals surface area contributed by atoms with Crippen LogP contribution in [0.2, 0.25) is 0 Å². The Morgan fingerprint density at radius 3 is 2.95 bits per heavy atom. The summed E-state index contributed by atoms with van der Waals surface area (Å²) in [5.41, 5.74) is 3.09. The highest BCUT2D eigenvalue weighted by Crippen LogP contribution is 2.17. The number of nitrogens with one attached hydrogen (secondary N) is 1. The number of aliphatic hydroxyl groups excluding tert-OH is 1. The normalized spacial score (nSPS) is 9.86. The molecular weight excluding hydrogens is 286 g/mol. The van der Waals surface area contributed by atoms with Crippen LogP contribution in [0.25, 0.3) is 0 Å². The first-order valence-electron chi connectivity index (χ1n) is 6.48. The first-order chi connectivity index (χ1) is 10.1. The fourth-order valence-corrected chi connectivity index (χ4v) is 2.51. The predicted octanol–water partition coefficient (Wildman–Crippen LogP) is 2.01. The number of anilines is 1. The highest BCUT2D eigenvalue weighted by Gasteiger charge is 2.15. The molecule has 5 nitrogen and oxygen atoms in total. The Hall–Kier alpha value is -2.23. The molecule has 1 heterocycles. The van der Waals surface area contributed by atoms with E-state index in [-0.39, 0.29) is 12.5 Å². The number of benzene rings is 1. The van der Waals surface area contributed by atoms with Gasteiger partial charge in [0.25, 0.3) is 5.91 Å². The maximum atomic E-state index is 12.2. The van der Waals surface area contributed by atoms with Gasteiger partial charge in [0.1, 0.15) is 11.5 Å².